The lowest BCUT2D eigenvalue weighted by Gasteiger charge is -2.26. The monoisotopic (exact) mass is 295 g/mol. The Kier molecular flexibility index (Phi) is 6.23. The molecular formula is C14H21N3O4. The van der Waals surface area contributed by atoms with Crippen molar-refractivity contribution >= 4 is 11.9 Å². The van der Waals surface area contributed by atoms with E-state index in [1.54, 1.807) is 12.1 Å². The largest absolute Gasteiger partial charge is 0.468 e. The number of amidine groups is 1. The molecule has 0 spiro atoms. The summed E-state index contributed by atoms with van der Waals surface area (Å²) in [6, 6.07) is 3.44. The minimum absolute atomic E-state index is 0.207. The van der Waals surface area contributed by atoms with Crippen LogP contribution in [-0.4, -0.2) is 63.3 Å². The van der Waals surface area contributed by atoms with E-state index in [4.69, 9.17) is 13.9 Å². The molecule has 1 N–H and O–H groups in total. The average molecular weight is 295 g/mol. The van der Waals surface area contributed by atoms with E-state index in [1.165, 1.54) is 13.4 Å². The predicted molar refractivity (Wildman–Crippen MR) is 77.4 cm³/mol. The van der Waals surface area contributed by atoms with E-state index in [2.05, 4.69) is 15.2 Å². The molecular weight excluding hydrogens is 274 g/mol. The number of amides is 1. The summed E-state index contributed by atoms with van der Waals surface area (Å²) >= 11 is 0. The van der Waals surface area contributed by atoms with Gasteiger partial charge in [0.05, 0.1) is 26.6 Å². The lowest BCUT2D eigenvalue weighted by Crippen LogP contribution is -2.37. The first kappa shape index (κ1) is 15.5. The smallest absolute Gasteiger partial charge is 0.294 e. The maximum absolute atomic E-state index is 11.8. The highest BCUT2D eigenvalue weighted by Gasteiger charge is 2.12. The Morgan fingerprint density at radius 1 is 1.48 bits per heavy atom. The van der Waals surface area contributed by atoms with Gasteiger partial charge in [-0.2, -0.15) is 0 Å². The van der Waals surface area contributed by atoms with Gasteiger partial charge in [0.25, 0.3) is 11.9 Å². The second-order valence-electron chi connectivity index (χ2n) is 4.63. The van der Waals surface area contributed by atoms with Crippen LogP contribution in [0.1, 0.15) is 17.0 Å². The van der Waals surface area contributed by atoms with Gasteiger partial charge in [-0.25, -0.2) is 4.99 Å². The molecule has 2 rings (SSSR count). The lowest BCUT2D eigenvalue weighted by atomic mass is 10.3. The number of methoxy groups -OCH3 is 1. The standard InChI is InChI=1S/C14H21N3O4/c1-19-14(16-13(18)12-4-2-9-21-12)15-5-3-6-17-7-10-20-11-8-17/h2,4,9H,3,5-8,10-11H2,1H3,(H,15,16,18). The normalized spacial score (nSPS) is 16.7. The number of hydrogen-bond acceptors (Lipinski definition) is 6. The zero-order valence-electron chi connectivity index (χ0n) is 12.2. The van der Waals surface area contributed by atoms with E-state index >= 15 is 0 Å². The van der Waals surface area contributed by atoms with E-state index in [1.807, 2.05) is 0 Å². The Morgan fingerprint density at radius 2 is 2.29 bits per heavy atom. The maximum Gasteiger partial charge on any atom is 0.294 e. The summed E-state index contributed by atoms with van der Waals surface area (Å²) in [7, 11) is 1.48. The number of nitrogens with one attached hydrogen (secondary N) is 1. The molecule has 1 aliphatic rings. The van der Waals surface area contributed by atoms with E-state index in [9.17, 15) is 4.79 Å². The Balaban J connectivity index is 1.71. The van der Waals surface area contributed by atoms with Crippen molar-refractivity contribution in [3.63, 3.8) is 0 Å². The van der Waals surface area contributed by atoms with Crippen molar-refractivity contribution in [3.05, 3.63) is 24.2 Å². The molecule has 1 amide bonds. The molecule has 1 fully saturated rings. The molecule has 1 saturated heterocycles. The highest BCUT2D eigenvalue weighted by atomic mass is 16.5. The van der Waals surface area contributed by atoms with Gasteiger partial charge in [0.2, 0.25) is 0 Å². The van der Waals surface area contributed by atoms with Crippen LogP contribution in [0, 0.1) is 0 Å². The summed E-state index contributed by atoms with van der Waals surface area (Å²) < 4.78 is 15.4. The summed E-state index contributed by atoms with van der Waals surface area (Å²) in [5.74, 6) is -0.137. The molecule has 21 heavy (non-hydrogen) atoms. The van der Waals surface area contributed by atoms with Crippen molar-refractivity contribution in [2.45, 2.75) is 6.42 Å². The molecule has 7 nitrogen and oxygen atoms in total. The fraction of sp³-hybridized carbons (Fsp3) is 0.571. The van der Waals surface area contributed by atoms with Crippen molar-refractivity contribution in [2.24, 2.45) is 4.99 Å². The molecule has 1 aliphatic heterocycles. The van der Waals surface area contributed by atoms with Gasteiger partial charge in [-0.1, -0.05) is 0 Å². The first-order valence-electron chi connectivity index (χ1n) is 7.03. The molecule has 0 saturated carbocycles. The minimum atomic E-state index is -0.367. The van der Waals surface area contributed by atoms with Crippen LogP contribution in [0.15, 0.2) is 27.8 Å². The number of nitrogens with zero attached hydrogens (tertiary/aromatic N) is 2. The molecule has 7 heteroatoms. The zero-order chi connectivity index (χ0) is 14.9. The molecule has 0 unspecified atom stereocenters. The van der Waals surface area contributed by atoms with E-state index < -0.39 is 0 Å². The van der Waals surface area contributed by atoms with Gasteiger partial charge < -0.3 is 13.9 Å². The van der Waals surface area contributed by atoms with Crippen LogP contribution in [-0.2, 0) is 9.47 Å². The highest BCUT2D eigenvalue weighted by molar-refractivity contribution is 6.02. The third-order valence-electron chi connectivity index (χ3n) is 3.15. The van der Waals surface area contributed by atoms with Crippen LogP contribution in [0.5, 0.6) is 0 Å². The van der Waals surface area contributed by atoms with Gasteiger partial charge in [0.15, 0.2) is 5.76 Å². The Hall–Kier alpha value is -1.86. The first-order chi connectivity index (χ1) is 10.3. The number of morpholine rings is 1. The molecule has 0 radical (unpaired) electrons. The Bertz CT molecular complexity index is 453. The summed E-state index contributed by atoms with van der Waals surface area (Å²) in [5.41, 5.74) is 0. The predicted octanol–water partition coefficient (Wildman–Crippen LogP) is 0.734. The molecule has 116 valence electrons. The Labute approximate surface area is 123 Å². The summed E-state index contributed by atoms with van der Waals surface area (Å²) in [6.45, 7) is 5.10. The van der Waals surface area contributed by atoms with Crippen molar-refractivity contribution in [1.29, 1.82) is 0 Å². The van der Waals surface area contributed by atoms with Crippen molar-refractivity contribution in [2.75, 3.05) is 46.5 Å². The SMILES string of the molecule is COC(=NCCCN1CCOCC1)NC(=O)c1ccco1. The van der Waals surface area contributed by atoms with Crippen LogP contribution in [0.25, 0.3) is 0 Å². The number of aliphatic imine (C=N–C) groups is 1. The third-order valence-corrected chi connectivity index (χ3v) is 3.15. The summed E-state index contributed by atoms with van der Waals surface area (Å²) in [6.07, 6.45) is 2.35. The topological polar surface area (TPSA) is 76.3 Å². The van der Waals surface area contributed by atoms with Crippen LogP contribution in [0.4, 0.5) is 0 Å². The van der Waals surface area contributed by atoms with E-state index in [-0.39, 0.29) is 17.7 Å². The van der Waals surface area contributed by atoms with Gasteiger partial charge in [0, 0.05) is 26.2 Å². The summed E-state index contributed by atoms with van der Waals surface area (Å²) in [4.78, 5) is 18.3. The molecule has 0 aromatic carbocycles. The molecule has 1 aromatic heterocycles. The first-order valence-corrected chi connectivity index (χ1v) is 7.03. The molecule has 2 heterocycles. The fourth-order valence-electron chi connectivity index (χ4n) is 2.02. The number of rotatable bonds is 5. The van der Waals surface area contributed by atoms with Crippen molar-refractivity contribution in [1.82, 2.24) is 10.2 Å². The third kappa shape index (κ3) is 5.20. The molecule has 0 atom stereocenters. The zero-order valence-corrected chi connectivity index (χ0v) is 12.2. The van der Waals surface area contributed by atoms with Crippen LogP contribution in [0.3, 0.4) is 0 Å². The van der Waals surface area contributed by atoms with Gasteiger partial charge >= 0.3 is 0 Å². The number of hydrogen-bond donors (Lipinski definition) is 1. The molecule has 0 bridgehead atoms. The second-order valence-corrected chi connectivity index (χ2v) is 4.63. The van der Waals surface area contributed by atoms with Crippen LogP contribution < -0.4 is 5.32 Å². The number of ether oxygens (including phenoxy) is 2. The lowest BCUT2D eigenvalue weighted by molar-refractivity contribution is 0.0377. The second kappa shape index (κ2) is 8.43. The van der Waals surface area contributed by atoms with Crippen molar-refractivity contribution in [3.8, 4) is 0 Å². The fourth-order valence-corrected chi connectivity index (χ4v) is 2.02. The quantitative estimate of drug-likeness (QED) is 0.492. The van der Waals surface area contributed by atoms with Gasteiger partial charge in [0.1, 0.15) is 0 Å². The number of carbonyl (C=O) groups is 1. The van der Waals surface area contributed by atoms with Crippen LogP contribution in [0.2, 0.25) is 0 Å². The van der Waals surface area contributed by atoms with Gasteiger partial charge in [-0.05, 0) is 18.6 Å². The average Bonchev–Trinajstić information content (AvgIpc) is 3.05. The van der Waals surface area contributed by atoms with E-state index in [0.29, 0.717) is 6.54 Å². The highest BCUT2D eigenvalue weighted by Crippen LogP contribution is 2.00. The minimum Gasteiger partial charge on any atom is -0.468 e. The molecule has 1 aromatic rings. The molecule has 0 aliphatic carbocycles. The van der Waals surface area contributed by atoms with Gasteiger partial charge in [-0.3, -0.25) is 15.0 Å². The maximum atomic E-state index is 11.8. The van der Waals surface area contributed by atoms with Crippen LogP contribution >= 0.6 is 0 Å². The van der Waals surface area contributed by atoms with E-state index in [0.717, 1.165) is 39.3 Å². The number of furan rings is 1. The van der Waals surface area contributed by atoms with Crippen molar-refractivity contribution < 1.29 is 18.7 Å². The summed E-state index contributed by atoms with van der Waals surface area (Å²) in [5, 5.41) is 2.57. The Morgan fingerprint density at radius 3 is 2.95 bits per heavy atom. The van der Waals surface area contributed by atoms with Gasteiger partial charge in [-0.15, -0.1) is 0 Å². The number of carbonyl (C=O) groups excluding carboxylic acids is 1.